The fourth-order valence-corrected chi connectivity index (χ4v) is 1.08. The lowest BCUT2D eigenvalue weighted by Gasteiger charge is -2.04. The van der Waals surface area contributed by atoms with E-state index in [1.807, 2.05) is 18.5 Å². The van der Waals surface area contributed by atoms with Gasteiger partial charge in [0.05, 0.1) is 6.10 Å². The molecular formula is C8H15N3O. The Morgan fingerprint density at radius 3 is 2.58 bits per heavy atom. The van der Waals surface area contributed by atoms with E-state index in [0.29, 0.717) is 0 Å². The van der Waals surface area contributed by atoms with Crippen molar-refractivity contribution in [3.63, 3.8) is 0 Å². The maximum absolute atomic E-state index is 9.05. The van der Waals surface area contributed by atoms with Gasteiger partial charge in [-0.15, -0.1) is 0 Å². The summed E-state index contributed by atoms with van der Waals surface area (Å²) in [5.41, 5.74) is 0. The minimum Gasteiger partial charge on any atom is -0.393 e. The maximum Gasteiger partial charge on any atom is 0.147 e. The highest BCUT2D eigenvalue weighted by molar-refractivity contribution is 4.87. The lowest BCUT2D eigenvalue weighted by molar-refractivity contribution is 0.176. The second kappa shape index (κ2) is 3.67. The first-order valence-electron chi connectivity index (χ1n) is 4.15. The monoisotopic (exact) mass is 169 g/mol. The highest BCUT2D eigenvalue weighted by Gasteiger charge is 2.03. The molecule has 0 aromatic carbocycles. The molecule has 4 heteroatoms. The van der Waals surface area contributed by atoms with Gasteiger partial charge in [0.2, 0.25) is 0 Å². The topological polar surface area (TPSA) is 50.9 Å². The van der Waals surface area contributed by atoms with Gasteiger partial charge in [-0.05, 0) is 27.2 Å². The molecule has 0 aliphatic rings. The Morgan fingerprint density at radius 2 is 2.17 bits per heavy atom. The van der Waals surface area contributed by atoms with Gasteiger partial charge in [0.25, 0.3) is 0 Å². The Morgan fingerprint density at radius 1 is 1.50 bits per heavy atom. The van der Waals surface area contributed by atoms with Crippen LogP contribution in [0.25, 0.3) is 0 Å². The first-order chi connectivity index (χ1) is 5.59. The number of aliphatic hydroxyl groups excluding tert-OH is 1. The van der Waals surface area contributed by atoms with Gasteiger partial charge < -0.3 is 5.11 Å². The summed E-state index contributed by atoms with van der Waals surface area (Å²) in [5.74, 6) is 1.70. The summed E-state index contributed by atoms with van der Waals surface area (Å²) in [7, 11) is 0. The van der Waals surface area contributed by atoms with Gasteiger partial charge in [0, 0.05) is 6.54 Å². The zero-order valence-electron chi connectivity index (χ0n) is 7.78. The summed E-state index contributed by atoms with van der Waals surface area (Å²) in [6.07, 6.45) is 0.456. The molecule has 1 heterocycles. The average molecular weight is 169 g/mol. The van der Waals surface area contributed by atoms with Crippen molar-refractivity contribution < 1.29 is 5.11 Å². The molecule has 0 amide bonds. The predicted molar refractivity (Wildman–Crippen MR) is 45.8 cm³/mol. The number of aliphatic hydroxyl groups is 1. The summed E-state index contributed by atoms with van der Waals surface area (Å²) in [6.45, 7) is 6.30. The molecule has 1 N–H and O–H groups in total. The first kappa shape index (κ1) is 9.19. The molecule has 68 valence electrons. The molecule has 0 saturated carbocycles. The van der Waals surface area contributed by atoms with Crippen molar-refractivity contribution >= 4 is 0 Å². The summed E-state index contributed by atoms with van der Waals surface area (Å²) >= 11 is 0. The van der Waals surface area contributed by atoms with Crippen LogP contribution in [0.15, 0.2) is 0 Å². The molecular weight excluding hydrogens is 154 g/mol. The molecule has 0 spiro atoms. The van der Waals surface area contributed by atoms with E-state index in [4.69, 9.17) is 5.11 Å². The molecule has 1 unspecified atom stereocenters. The Hall–Kier alpha value is -0.900. The van der Waals surface area contributed by atoms with E-state index in [-0.39, 0.29) is 6.10 Å². The van der Waals surface area contributed by atoms with Crippen molar-refractivity contribution in [2.24, 2.45) is 0 Å². The number of hydrogen-bond acceptors (Lipinski definition) is 3. The highest BCUT2D eigenvalue weighted by Crippen LogP contribution is 1.99. The van der Waals surface area contributed by atoms with Gasteiger partial charge in [0.1, 0.15) is 11.6 Å². The Kier molecular flexibility index (Phi) is 2.81. The molecule has 0 radical (unpaired) electrons. The van der Waals surface area contributed by atoms with E-state index in [1.54, 1.807) is 6.92 Å². The maximum atomic E-state index is 9.05. The zero-order valence-corrected chi connectivity index (χ0v) is 7.78. The normalized spacial score (nSPS) is 13.3. The van der Waals surface area contributed by atoms with E-state index in [9.17, 15) is 0 Å². The van der Waals surface area contributed by atoms with Crippen LogP contribution in [0, 0.1) is 13.8 Å². The summed E-state index contributed by atoms with van der Waals surface area (Å²) in [6, 6.07) is 0. The molecule has 0 aliphatic carbocycles. The third kappa shape index (κ3) is 2.30. The first-order valence-corrected chi connectivity index (χ1v) is 4.15. The van der Waals surface area contributed by atoms with E-state index in [1.165, 1.54) is 0 Å². The smallest absolute Gasteiger partial charge is 0.147 e. The fraction of sp³-hybridized carbons (Fsp3) is 0.750. The molecule has 1 atom stereocenters. The predicted octanol–water partition coefficient (Wildman–Crippen LogP) is 0.666. The highest BCUT2D eigenvalue weighted by atomic mass is 16.3. The van der Waals surface area contributed by atoms with Crippen LogP contribution in [-0.4, -0.2) is 26.0 Å². The zero-order chi connectivity index (χ0) is 9.14. The van der Waals surface area contributed by atoms with Crippen LogP contribution < -0.4 is 0 Å². The minimum atomic E-state index is -0.270. The number of hydrogen-bond donors (Lipinski definition) is 1. The molecule has 1 rings (SSSR count). The average Bonchev–Trinajstić information content (AvgIpc) is 2.26. The fourth-order valence-electron chi connectivity index (χ4n) is 1.08. The van der Waals surface area contributed by atoms with E-state index in [0.717, 1.165) is 24.6 Å². The van der Waals surface area contributed by atoms with E-state index >= 15 is 0 Å². The van der Waals surface area contributed by atoms with E-state index < -0.39 is 0 Å². The van der Waals surface area contributed by atoms with Crippen molar-refractivity contribution in [3.8, 4) is 0 Å². The van der Waals surface area contributed by atoms with Gasteiger partial charge in [-0.2, -0.15) is 5.10 Å². The van der Waals surface area contributed by atoms with Crippen LogP contribution in [0.1, 0.15) is 25.0 Å². The molecule has 0 saturated heterocycles. The van der Waals surface area contributed by atoms with Crippen LogP contribution in [0.4, 0.5) is 0 Å². The van der Waals surface area contributed by atoms with Crippen molar-refractivity contribution in [1.82, 2.24) is 14.8 Å². The quantitative estimate of drug-likeness (QED) is 0.723. The van der Waals surface area contributed by atoms with Gasteiger partial charge in [0.15, 0.2) is 0 Å². The second-order valence-corrected chi connectivity index (χ2v) is 3.07. The lowest BCUT2D eigenvalue weighted by Crippen LogP contribution is -2.09. The molecule has 0 aliphatic heterocycles. The minimum absolute atomic E-state index is 0.270. The summed E-state index contributed by atoms with van der Waals surface area (Å²) in [4.78, 5) is 4.16. The third-order valence-electron chi connectivity index (χ3n) is 1.72. The standard InChI is InChI=1S/C8H15N3O/c1-6(12)4-5-11-8(3)9-7(2)10-11/h6,12H,4-5H2,1-3H3. The summed E-state index contributed by atoms with van der Waals surface area (Å²) in [5, 5.41) is 13.2. The molecule has 0 fully saturated rings. The van der Waals surface area contributed by atoms with Crippen LogP contribution in [-0.2, 0) is 6.54 Å². The van der Waals surface area contributed by atoms with Crippen molar-refractivity contribution in [1.29, 1.82) is 0 Å². The van der Waals surface area contributed by atoms with Crippen molar-refractivity contribution in [3.05, 3.63) is 11.6 Å². The largest absolute Gasteiger partial charge is 0.393 e. The van der Waals surface area contributed by atoms with Crippen LogP contribution >= 0.6 is 0 Å². The van der Waals surface area contributed by atoms with Crippen molar-refractivity contribution in [2.75, 3.05) is 0 Å². The number of aromatic nitrogens is 3. The summed E-state index contributed by atoms with van der Waals surface area (Å²) < 4.78 is 1.82. The molecule has 12 heavy (non-hydrogen) atoms. The molecule has 1 aromatic heterocycles. The van der Waals surface area contributed by atoms with Crippen molar-refractivity contribution in [2.45, 2.75) is 39.8 Å². The number of aryl methyl sites for hydroxylation is 3. The van der Waals surface area contributed by atoms with Gasteiger partial charge in [-0.1, -0.05) is 0 Å². The van der Waals surface area contributed by atoms with Crippen LogP contribution in [0.2, 0.25) is 0 Å². The van der Waals surface area contributed by atoms with E-state index in [2.05, 4.69) is 10.1 Å². The molecule has 1 aromatic rings. The number of rotatable bonds is 3. The Balaban J connectivity index is 2.57. The SMILES string of the molecule is Cc1nc(C)n(CCC(C)O)n1. The Labute approximate surface area is 72.2 Å². The van der Waals surface area contributed by atoms with Crippen LogP contribution in [0.5, 0.6) is 0 Å². The van der Waals surface area contributed by atoms with Gasteiger partial charge in [-0.3, -0.25) is 4.68 Å². The Bertz CT molecular complexity index is 255. The molecule has 4 nitrogen and oxygen atoms in total. The van der Waals surface area contributed by atoms with Gasteiger partial charge >= 0.3 is 0 Å². The second-order valence-electron chi connectivity index (χ2n) is 3.07. The van der Waals surface area contributed by atoms with Gasteiger partial charge in [-0.25, -0.2) is 4.98 Å². The third-order valence-corrected chi connectivity index (χ3v) is 1.72. The number of nitrogens with zero attached hydrogens (tertiary/aromatic N) is 3. The van der Waals surface area contributed by atoms with Crippen LogP contribution in [0.3, 0.4) is 0 Å². The molecule has 0 bridgehead atoms. The lowest BCUT2D eigenvalue weighted by atomic mass is 10.3.